The van der Waals surface area contributed by atoms with Gasteiger partial charge in [-0.3, -0.25) is 14.8 Å². The van der Waals surface area contributed by atoms with Gasteiger partial charge in [0, 0.05) is 35.7 Å². The molecule has 0 atom stereocenters. The summed E-state index contributed by atoms with van der Waals surface area (Å²) >= 11 is 5.28. The number of anilines is 3. The number of carbonyl (C=O) groups excluding carboxylic acids is 1. The van der Waals surface area contributed by atoms with Crippen molar-refractivity contribution in [1.82, 2.24) is 5.32 Å². The highest BCUT2D eigenvalue weighted by Crippen LogP contribution is 2.22. The van der Waals surface area contributed by atoms with Crippen molar-refractivity contribution in [2.75, 3.05) is 28.0 Å². The van der Waals surface area contributed by atoms with E-state index in [4.69, 9.17) is 12.2 Å². The van der Waals surface area contributed by atoms with E-state index in [2.05, 4.69) is 34.1 Å². The number of nitrogens with zero attached hydrogens (tertiary/aromatic N) is 1. The van der Waals surface area contributed by atoms with E-state index < -0.39 is 10.0 Å². The summed E-state index contributed by atoms with van der Waals surface area (Å²) in [6.07, 6.45) is 0. The second-order valence-electron chi connectivity index (χ2n) is 8.70. The summed E-state index contributed by atoms with van der Waals surface area (Å²) in [5.74, 6) is -0.345. The average Bonchev–Trinajstić information content (AvgIpc) is 2.95. The Labute approximate surface area is 234 Å². The molecule has 3 N–H and O–H groups in total. The molecule has 0 heterocycles. The summed E-state index contributed by atoms with van der Waals surface area (Å²) in [6.45, 7) is 5.89. The Morgan fingerprint density at radius 1 is 0.744 bits per heavy atom. The van der Waals surface area contributed by atoms with E-state index in [9.17, 15) is 13.2 Å². The smallest absolute Gasteiger partial charge is 0.261 e. The van der Waals surface area contributed by atoms with E-state index in [0.717, 1.165) is 29.9 Å². The molecule has 0 fully saturated rings. The van der Waals surface area contributed by atoms with Crippen molar-refractivity contribution >= 4 is 50.3 Å². The summed E-state index contributed by atoms with van der Waals surface area (Å²) in [5, 5.41) is 5.67. The normalized spacial score (nSPS) is 10.9. The van der Waals surface area contributed by atoms with Crippen LogP contribution in [0.5, 0.6) is 0 Å². The van der Waals surface area contributed by atoms with Crippen LogP contribution in [0.25, 0.3) is 11.1 Å². The summed E-state index contributed by atoms with van der Waals surface area (Å²) in [6, 6.07) is 30.5. The van der Waals surface area contributed by atoms with Gasteiger partial charge in [-0.25, -0.2) is 8.42 Å². The van der Waals surface area contributed by atoms with Crippen molar-refractivity contribution in [3.8, 4) is 11.1 Å². The van der Waals surface area contributed by atoms with Crippen molar-refractivity contribution in [2.45, 2.75) is 18.7 Å². The minimum Gasteiger partial charge on any atom is -0.372 e. The Morgan fingerprint density at radius 3 is 1.90 bits per heavy atom. The molecule has 0 radical (unpaired) electrons. The molecule has 4 aromatic rings. The van der Waals surface area contributed by atoms with Crippen molar-refractivity contribution in [2.24, 2.45) is 0 Å². The number of amides is 1. The molecule has 4 aromatic carbocycles. The van der Waals surface area contributed by atoms with E-state index in [0.29, 0.717) is 16.9 Å². The van der Waals surface area contributed by atoms with Crippen LogP contribution in [0.3, 0.4) is 0 Å². The predicted molar refractivity (Wildman–Crippen MR) is 163 cm³/mol. The van der Waals surface area contributed by atoms with Crippen LogP contribution >= 0.6 is 12.2 Å². The molecular weight excluding hydrogens is 528 g/mol. The second kappa shape index (κ2) is 12.6. The first kappa shape index (κ1) is 27.8. The van der Waals surface area contributed by atoms with Gasteiger partial charge in [0.25, 0.3) is 15.9 Å². The maximum atomic E-state index is 12.9. The van der Waals surface area contributed by atoms with Gasteiger partial charge in [-0.15, -0.1) is 0 Å². The zero-order valence-electron chi connectivity index (χ0n) is 21.7. The van der Waals surface area contributed by atoms with E-state index in [1.807, 2.05) is 54.6 Å². The molecule has 0 spiro atoms. The van der Waals surface area contributed by atoms with Gasteiger partial charge in [0.1, 0.15) is 0 Å². The van der Waals surface area contributed by atoms with Gasteiger partial charge in [0.2, 0.25) is 0 Å². The summed E-state index contributed by atoms with van der Waals surface area (Å²) in [7, 11) is -3.78. The maximum Gasteiger partial charge on any atom is 0.261 e. The van der Waals surface area contributed by atoms with Gasteiger partial charge in [-0.1, -0.05) is 42.5 Å². The van der Waals surface area contributed by atoms with Crippen LogP contribution in [0.4, 0.5) is 17.1 Å². The zero-order valence-corrected chi connectivity index (χ0v) is 23.4. The number of sulfonamides is 1. The molecule has 0 aliphatic heterocycles. The lowest BCUT2D eigenvalue weighted by Gasteiger charge is -2.21. The molecule has 4 rings (SSSR count). The van der Waals surface area contributed by atoms with Crippen molar-refractivity contribution in [1.29, 1.82) is 0 Å². The van der Waals surface area contributed by atoms with Crippen LogP contribution in [-0.4, -0.2) is 32.5 Å². The molecule has 0 aliphatic rings. The third-order valence-corrected chi connectivity index (χ3v) is 7.75. The number of rotatable bonds is 9. The quantitative estimate of drug-likeness (QED) is 0.214. The minimum absolute atomic E-state index is 0.106. The van der Waals surface area contributed by atoms with Crippen molar-refractivity contribution in [3.05, 3.63) is 109 Å². The average molecular weight is 559 g/mol. The third-order valence-electron chi connectivity index (χ3n) is 6.15. The molecule has 0 saturated heterocycles. The van der Waals surface area contributed by atoms with Gasteiger partial charge in [-0.2, -0.15) is 0 Å². The molecule has 39 heavy (non-hydrogen) atoms. The molecule has 0 aromatic heterocycles. The zero-order chi connectivity index (χ0) is 27.8. The first-order chi connectivity index (χ1) is 18.8. The molecular formula is C30H30N4O3S2. The first-order valence-electron chi connectivity index (χ1n) is 12.5. The van der Waals surface area contributed by atoms with Crippen LogP contribution in [0, 0.1) is 0 Å². The number of hydrogen-bond acceptors (Lipinski definition) is 5. The Hall–Kier alpha value is -4.21. The fourth-order valence-corrected chi connectivity index (χ4v) is 5.31. The van der Waals surface area contributed by atoms with Crippen LogP contribution < -0.4 is 20.3 Å². The maximum absolute atomic E-state index is 12.9. The lowest BCUT2D eigenvalue weighted by atomic mass is 10.0. The Morgan fingerprint density at radius 2 is 1.31 bits per heavy atom. The number of nitrogens with one attached hydrogen (secondary N) is 3. The molecule has 200 valence electrons. The highest BCUT2D eigenvalue weighted by Gasteiger charge is 2.15. The summed E-state index contributed by atoms with van der Waals surface area (Å²) in [5.41, 5.74) is 4.60. The Bertz CT molecular complexity index is 1520. The molecule has 7 nitrogen and oxygen atoms in total. The Balaban J connectivity index is 1.33. The lowest BCUT2D eigenvalue weighted by Crippen LogP contribution is -2.34. The van der Waals surface area contributed by atoms with Gasteiger partial charge in [0.15, 0.2) is 5.11 Å². The van der Waals surface area contributed by atoms with E-state index in [1.54, 1.807) is 36.4 Å². The summed E-state index contributed by atoms with van der Waals surface area (Å²) < 4.78 is 28.3. The SMILES string of the molecule is CCN(CC)c1ccc(NS(=O)(=O)c2ccc(NC(=S)NC(=O)c3ccc(-c4ccccc4)cc3)cc2)cc1. The fraction of sp³-hybridized carbons (Fsp3) is 0.133. The third kappa shape index (κ3) is 7.22. The summed E-state index contributed by atoms with van der Waals surface area (Å²) in [4.78, 5) is 14.9. The molecule has 9 heteroatoms. The fourth-order valence-electron chi connectivity index (χ4n) is 4.04. The van der Waals surface area contributed by atoms with Gasteiger partial charge in [0.05, 0.1) is 4.90 Å². The van der Waals surface area contributed by atoms with Crippen LogP contribution in [0.15, 0.2) is 108 Å². The number of hydrogen-bond donors (Lipinski definition) is 3. The minimum atomic E-state index is -3.78. The highest BCUT2D eigenvalue weighted by atomic mass is 32.2. The van der Waals surface area contributed by atoms with Gasteiger partial charge < -0.3 is 10.2 Å². The van der Waals surface area contributed by atoms with E-state index in [-0.39, 0.29) is 15.9 Å². The largest absolute Gasteiger partial charge is 0.372 e. The second-order valence-corrected chi connectivity index (χ2v) is 10.8. The van der Waals surface area contributed by atoms with Crippen LogP contribution in [0.2, 0.25) is 0 Å². The van der Waals surface area contributed by atoms with E-state index in [1.165, 1.54) is 12.1 Å². The first-order valence-corrected chi connectivity index (χ1v) is 14.4. The van der Waals surface area contributed by atoms with Crippen LogP contribution in [-0.2, 0) is 10.0 Å². The number of carbonyl (C=O) groups is 1. The number of benzene rings is 4. The monoisotopic (exact) mass is 558 g/mol. The number of thiocarbonyl (C=S) groups is 1. The Kier molecular flexibility index (Phi) is 8.96. The van der Waals surface area contributed by atoms with Crippen molar-refractivity contribution in [3.63, 3.8) is 0 Å². The molecule has 1 amide bonds. The highest BCUT2D eigenvalue weighted by molar-refractivity contribution is 7.92. The lowest BCUT2D eigenvalue weighted by molar-refractivity contribution is 0.0977. The van der Waals surface area contributed by atoms with E-state index >= 15 is 0 Å². The topological polar surface area (TPSA) is 90.5 Å². The van der Waals surface area contributed by atoms with Crippen LogP contribution in [0.1, 0.15) is 24.2 Å². The van der Waals surface area contributed by atoms with Gasteiger partial charge >= 0.3 is 0 Å². The van der Waals surface area contributed by atoms with Crippen molar-refractivity contribution < 1.29 is 13.2 Å². The molecule has 0 bridgehead atoms. The molecule has 0 unspecified atom stereocenters. The molecule has 0 saturated carbocycles. The molecule has 0 aliphatic carbocycles. The predicted octanol–water partition coefficient (Wildman–Crippen LogP) is 6.13. The standard InChI is InChI=1S/C30H30N4O3S2/c1-3-34(4-2)27-18-14-26(15-19-27)33-39(36,37)28-20-16-25(17-21-28)31-30(38)32-29(35)24-12-10-23(11-13-24)22-8-6-5-7-9-22/h5-21,33H,3-4H2,1-2H3,(H2,31,32,35,38). The van der Waals surface area contributed by atoms with Gasteiger partial charge in [-0.05, 0) is 97.9 Å².